The molecule has 1 aliphatic heterocycles. The minimum Gasteiger partial charge on any atom is -0.497 e. The van der Waals surface area contributed by atoms with Crippen LogP contribution in [0, 0.1) is 0 Å². The van der Waals surface area contributed by atoms with Gasteiger partial charge in [0.1, 0.15) is 18.5 Å². The van der Waals surface area contributed by atoms with Crippen molar-refractivity contribution in [2.75, 3.05) is 20.2 Å². The third-order valence-corrected chi connectivity index (χ3v) is 4.32. The number of ether oxygens (including phenoxy) is 3. The van der Waals surface area contributed by atoms with Crippen LogP contribution in [0.25, 0.3) is 0 Å². The Labute approximate surface area is 152 Å². The van der Waals surface area contributed by atoms with Crippen molar-refractivity contribution in [1.29, 1.82) is 0 Å². The largest absolute Gasteiger partial charge is 0.497 e. The number of carbonyl (C=O) groups is 1. The van der Waals surface area contributed by atoms with E-state index < -0.39 is 18.3 Å². The van der Waals surface area contributed by atoms with E-state index in [2.05, 4.69) is 0 Å². The van der Waals surface area contributed by atoms with E-state index in [1.165, 1.54) is 4.90 Å². The van der Waals surface area contributed by atoms with Crippen molar-refractivity contribution in [3.05, 3.63) is 65.7 Å². The van der Waals surface area contributed by atoms with E-state index >= 15 is 0 Å². The number of aliphatic hydroxyl groups excluding tert-OH is 1. The summed E-state index contributed by atoms with van der Waals surface area (Å²) in [6.07, 6.45) is -1.60. The lowest BCUT2D eigenvalue weighted by molar-refractivity contribution is -0.0175. The molecule has 1 aliphatic rings. The number of hydrogen-bond donors (Lipinski definition) is 1. The molecule has 3 rings (SSSR count). The van der Waals surface area contributed by atoms with E-state index in [1.807, 2.05) is 54.6 Å². The van der Waals surface area contributed by atoms with Gasteiger partial charge in [-0.1, -0.05) is 42.5 Å². The number of aliphatic hydroxyl groups is 1. The van der Waals surface area contributed by atoms with Crippen LogP contribution in [0.5, 0.6) is 5.75 Å². The smallest absolute Gasteiger partial charge is 0.410 e. The molecule has 2 atom stereocenters. The van der Waals surface area contributed by atoms with Crippen molar-refractivity contribution < 1.29 is 24.1 Å². The fraction of sp³-hybridized carbons (Fsp3) is 0.350. The summed E-state index contributed by atoms with van der Waals surface area (Å²) in [6, 6.07) is 17.0. The first-order chi connectivity index (χ1) is 12.7. The van der Waals surface area contributed by atoms with Crippen LogP contribution in [0.1, 0.15) is 11.1 Å². The second-order valence-electron chi connectivity index (χ2n) is 6.21. The number of β-amino-alcohol motifs (C(OH)–C–C–N with tert-alkyl or cyclic N) is 1. The van der Waals surface area contributed by atoms with Gasteiger partial charge in [-0.05, 0) is 23.3 Å². The van der Waals surface area contributed by atoms with E-state index in [4.69, 9.17) is 14.2 Å². The van der Waals surface area contributed by atoms with Crippen molar-refractivity contribution in [2.24, 2.45) is 0 Å². The summed E-state index contributed by atoms with van der Waals surface area (Å²) in [7, 11) is 1.62. The Kier molecular flexibility index (Phi) is 6.09. The first-order valence-electron chi connectivity index (χ1n) is 8.54. The summed E-state index contributed by atoms with van der Waals surface area (Å²) in [5, 5.41) is 10.2. The van der Waals surface area contributed by atoms with Gasteiger partial charge in [0.25, 0.3) is 0 Å². The number of hydrogen-bond acceptors (Lipinski definition) is 5. The van der Waals surface area contributed by atoms with E-state index in [0.29, 0.717) is 13.2 Å². The van der Waals surface area contributed by atoms with E-state index in [0.717, 1.165) is 16.9 Å². The molecule has 2 aromatic rings. The van der Waals surface area contributed by atoms with E-state index in [-0.39, 0.29) is 13.2 Å². The summed E-state index contributed by atoms with van der Waals surface area (Å²) in [5.41, 5.74) is 1.90. The topological polar surface area (TPSA) is 68.2 Å². The summed E-state index contributed by atoms with van der Waals surface area (Å²) in [6.45, 7) is 1.09. The third kappa shape index (κ3) is 4.74. The van der Waals surface area contributed by atoms with Crippen molar-refractivity contribution in [3.63, 3.8) is 0 Å². The average Bonchev–Trinajstić information content (AvgIpc) is 3.06. The van der Waals surface area contributed by atoms with Crippen molar-refractivity contribution in [3.8, 4) is 5.75 Å². The maximum absolute atomic E-state index is 12.2. The average molecular weight is 357 g/mol. The Morgan fingerprint density at radius 2 is 1.73 bits per heavy atom. The second-order valence-corrected chi connectivity index (χ2v) is 6.21. The molecule has 6 nitrogen and oxygen atoms in total. The molecule has 26 heavy (non-hydrogen) atoms. The Morgan fingerprint density at radius 3 is 2.42 bits per heavy atom. The predicted molar refractivity (Wildman–Crippen MR) is 95.8 cm³/mol. The van der Waals surface area contributed by atoms with Gasteiger partial charge in [-0.3, -0.25) is 0 Å². The Hall–Kier alpha value is -2.57. The van der Waals surface area contributed by atoms with Gasteiger partial charge in [-0.25, -0.2) is 4.79 Å². The van der Waals surface area contributed by atoms with Gasteiger partial charge in [0.15, 0.2) is 0 Å². The van der Waals surface area contributed by atoms with Gasteiger partial charge in [0.2, 0.25) is 0 Å². The molecule has 2 aromatic carbocycles. The lowest BCUT2D eigenvalue weighted by atomic mass is 10.2. The van der Waals surface area contributed by atoms with Crippen molar-refractivity contribution in [1.82, 2.24) is 4.90 Å². The Bertz CT molecular complexity index is 704. The summed E-state index contributed by atoms with van der Waals surface area (Å²) < 4.78 is 16.2. The number of amides is 1. The number of methoxy groups -OCH3 is 1. The highest BCUT2D eigenvalue weighted by molar-refractivity contribution is 5.68. The zero-order valence-electron chi connectivity index (χ0n) is 14.7. The quantitative estimate of drug-likeness (QED) is 0.861. The minimum atomic E-state index is -0.725. The lowest BCUT2D eigenvalue weighted by Gasteiger charge is -2.16. The van der Waals surface area contributed by atoms with Gasteiger partial charge < -0.3 is 24.2 Å². The second kappa shape index (κ2) is 8.69. The van der Waals surface area contributed by atoms with Crippen LogP contribution >= 0.6 is 0 Å². The number of nitrogens with zero attached hydrogens (tertiary/aromatic N) is 1. The molecule has 0 aliphatic carbocycles. The molecule has 0 spiro atoms. The van der Waals surface area contributed by atoms with Crippen LogP contribution in [0.2, 0.25) is 0 Å². The zero-order valence-corrected chi connectivity index (χ0v) is 14.7. The molecule has 138 valence electrons. The first kappa shape index (κ1) is 18.2. The molecule has 1 N–H and O–H groups in total. The molecular formula is C20H23NO5. The highest BCUT2D eigenvalue weighted by Gasteiger charge is 2.35. The molecule has 0 saturated carbocycles. The molecule has 0 radical (unpaired) electrons. The van der Waals surface area contributed by atoms with Crippen LogP contribution < -0.4 is 4.74 Å². The number of rotatable bonds is 6. The Balaban J connectivity index is 1.46. The normalized spacial score (nSPS) is 19.4. The minimum absolute atomic E-state index is 0.209. The number of likely N-dealkylation sites (tertiary alicyclic amines) is 1. The molecule has 1 saturated heterocycles. The van der Waals surface area contributed by atoms with Crippen LogP contribution in [-0.2, 0) is 22.7 Å². The SMILES string of the molecule is COc1ccc(CO[C@@H]2CN(C(=O)OCc3ccccc3)C[C@H]2O)cc1. The third-order valence-electron chi connectivity index (χ3n) is 4.32. The van der Waals surface area contributed by atoms with Gasteiger partial charge in [-0.2, -0.15) is 0 Å². The van der Waals surface area contributed by atoms with Crippen molar-refractivity contribution in [2.45, 2.75) is 25.4 Å². The fourth-order valence-corrected chi connectivity index (χ4v) is 2.81. The lowest BCUT2D eigenvalue weighted by Crippen LogP contribution is -2.30. The monoisotopic (exact) mass is 357 g/mol. The maximum atomic E-state index is 12.2. The standard InChI is InChI=1S/C20H23NO5/c1-24-17-9-7-16(8-10-17)13-25-19-12-21(11-18(19)22)20(23)26-14-15-5-3-2-4-6-15/h2-10,18-19,22H,11-14H2,1H3/t18-,19-/m1/s1. The zero-order chi connectivity index (χ0) is 18.4. The molecular weight excluding hydrogens is 334 g/mol. The first-order valence-corrected chi connectivity index (χ1v) is 8.54. The summed E-state index contributed by atoms with van der Waals surface area (Å²) in [4.78, 5) is 13.7. The highest BCUT2D eigenvalue weighted by atomic mass is 16.6. The van der Waals surface area contributed by atoms with Gasteiger partial charge in [0.05, 0.1) is 32.9 Å². The van der Waals surface area contributed by atoms with Crippen LogP contribution in [0.4, 0.5) is 4.79 Å². The summed E-state index contributed by atoms with van der Waals surface area (Å²) in [5.74, 6) is 0.780. The molecule has 0 bridgehead atoms. The van der Waals surface area contributed by atoms with Crippen molar-refractivity contribution >= 4 is 6.09 Å². The van der Waals surface area contributed by atoms with Crippen LogP contribution in [0.3, 0.4) is 0 Å². The molecule has 1 heterocycles. The number of carbonyl (C=O) groups excluding carboxylic acids is 1. The summed E-state index contributed by atoms with van der Waals surface area (Å²) >= 11 is 0. The van der Waals surface area contributed by atoms with E-state index in [1.54, 1.807) is 7.11 Å². The van der Waals surface area contributed by atoms with Gasteiger partial charge >= 0.3 is 6.09 Å². The predicted octanol–water partition coefficient (Wildman–Crippen LogP) is 2.59. The van der Waals surface area contributed by atoms with Gasteiger partial charge in [-0.15, -0.1) is 0 Å². The fourth-order valence-electron chi connectivity index (χ4n) is 2.81. The molecule has 0 unspecified atom stereocenters. The molecule has 1 amide bonds. The van der Waals surface area contributed by atoms with Gasteiger partial charge in [0, 0.05) is 0 Å². The number of benzene rings is 2. The highest BCUT2D eigenvalue weighted by Crippen LogP contribution is 2.18. The molecule has 0 aromatic heterocycles. The molecule has 1 fully saturated rings. The van der Waals surface area contributed by atoms with Crippen LogP contribution in [-0.4, -0.2) is 48.5 Å². The maximum Gasteiger partial charge on any atom is 0.410 e. The molecule has 6 heteroatoms. The van der Waals surface area contributed by atoms with Crippen LogP contribution in [0.15, 0.2) is 54.6 Å². The van der Waals surface area contributed by atoms with E-state index in [9.17, 15) is 9.90 Å². The Morgan fingerprint density at radius 1 is 1.04 bits per heavy atom.